The van der Waals surface area contributed by atoms with Crippen LogP contribution in [0.15, 0.2) is 12.4 Å². The average Bonchev–Trinajstić information content (AvgIpc) is 3.13. The molecule has 0 bridgehead atoms. The number of hydrogen-bond donors (Lipinski definition) is 2. The first kappa shape index (κ1) is 20.8. The molecule has 1 aromatic heterocycles. The van der Waals surface area contributed by atoms with Crippen molar-refractivity contribution in [3.8, 4) is 0 Å². The van der Waals surface area contributed by atoms with Crippen LogP contribution in [0.25, 0.3) is 0 Å². The van der Waals surface area contributed by atoms with Gasteiger partial charge in [-0.25, -0.2) is 19.2 Å². The van der Waals surface area contributed by atoms with Crippen LogP contribution in [0.4, 0.5) is 23.5 Å². The van der Waals surface area contributed by atoms with E-state index in [-0.39, 0.29) is 18.1 Å². The number of anilines is 1. The number of alkyl halides is 3. The summed E-state index contributed by atoms with van der Waals surface area (Å²) in [6.07, 6.45) is -1.34. The van der Waals surface area contributed by atoms with E-state index < -0.39 is 18.0 Å². The molecule has 0 aromatic carbocycles. The zero-order valence-electron chi connectivity index (χ0n) is 14.2. The first-order valence-electron chi connectivity index (χ1n) is 7.98. The number of rotatable bonds is 3. The minimum Gasteiger partial charge on any atom is -0.475 e. The summed E-state index contributed by atoms with van der Waals surface area (Å²) < 4.78 is 50.4. The number of nitrogens with zero attached hydrogens (tertiary/aromatic N) is 3. The van der Waals surface area contributed by atoms with E-state index in [2.05, 4.69) is 15.3 Å². The van der Waals surface area contributed by atoms with Gasteiger partial charge in [-0.1, -0.05) is 0 Å². The molecule has 27 heavy (non-hydrogen) atoms. The molecule has 3 heterocycles. The van der Waals surface area contributed by atoms with Gasteiger partial charge in [-0.2, -0.15) is 13.2 Å². The van der Waals surface area contributed by atoms with Crippen molar-refractivity contribution < 1.29 is 37.0 Å². The van der Waals surface area contributed by atoms with Crippen LogP contribution in [0.2, 0.25) is 0 Å². The fraction of sp³-hybridized carbons (Fsp3) is 0.600. The van der Waals surface area contributed by atoms with Crippen LogP contribution in [0.3, 0.4) is 0 Å². The third-order valence-corrected chi connectivity index (χ3v) is 4.14. The number of carboxylic acids is 1. The summed E-state index contributed by atoms with van der Waals surface area (Å²) in [5, 5.41) is 9.74. The summed E-state index contributed by atoms with van der Waals surface area (Å²) in [7, 11) is 1.63. The van der Waals surface area contributed by atoms with Gasteiger partial charge in [0.1, 0.15) is 0 Å². The Kier molecular flexibility index (Phi) is 6.52. The van der Waals surface area contributed by atoms with E-state index in [1.54, 1.807) is 7.05 Å². The van der Waals surface area contributed by atoms with Crippen LogP contribution in [-0.2, 0) is 14.3 Å². The minimum atomic E-state index is -5.08. The Hall–Kier alpha value is -2.50. The fourth-order valence-electron chi connectivity index (χ4n) is 2.93. The van der Waals surface area contributed by atoms with E-state index in [1.165, 1.54) is 12.4 Å². The number of fused-ring (bicyclic) bond motifs is 1. The number of carboxylic acid groups (broad SMARTS) is 1. The first-order valence-corrected chi connectivity index (χ1v) is 7.98. The van der Waals surface area contributed by atoms with Gasteiger partial charge in [0.05, 0.1) is 31.0 Å². The third kappa shape index (κ3) is 5.74. The van der Waals surface area contributed by atoms with Crippen LogP contribution < -0.4 is 10.2 Å². The van der Waals surface area contributed by atoms with Crippen LogP contribution in [-0.4, -0.2) is 65.5 Å². The summed E-state index contributed by atoms with van der Waals surface area (Å²) in [6.45, 7) is 1.49. The minimum absolute atomic E-state index is 0.00114. The summed E-state index contributed by atoms with van der Waals surface area (Å²) in [5.74, 6) is -2.26. The highest BCUT2D eigenvalue weighted by Gasteiger charge is 2.43. The van der Waals surface area contributed by atoms with Crippen molar-refractivity contribution in [3.05, 3.63) is 18.2 Å². The average molecular weight is 394 g/mol. The smallest absolute Gasteiger partial charge is 0.475 e. The lowest BCUT2D eigenvalue weighted by Gasteiger charge is -2.18. The van der Waals surface area contributed by atoms with Gasteiger partial charge >= 0.3 is 12.1 Å². The van der Waals surface area contributed by atoms with E-state index in [0.29, 0.717) is 24.8 Å². The van der Waals surface area contributed by atoms with Gasteiger partial charge in [-0.3, -0.25) is 4.79 Å². The maximum absolute atomic E-state index is 12.8. The second-order valence-electron chi connectivity index (χ2n) is 6.08. The van der Waals surface area contributed by atoms with Crippen LogP contribution >= 0.6 is 0 Å². The van der Waals surface area contributed by atoms with Crippen molar-refractivity contribution in [3.63, 3.8) is 0 Å². The van der Waals surface area contributed by atoms with Crippen molar-refractivity contribution in [2.24, 2.45) is 5.92 Å². The molecule has 12 heteroatoms. The Morgan fingerprint density at radius 2 is 1.93 bits per heavy atom. The van der Waals surface area contributed by atoms with E-state index in [1.807, 2.05) is 4.90 Å². The van der Waals surface area contributed by atoms with Crippen LogP contribution in [0.1, 0.15) is 12.8 Å². The largest absolute Gasteiger partial charge is 0.490 e. The highest BCUT2D eigenvalue weighted by Crippen LogP contribution is 2.35. The molecule has 2 N–H and O–H groups in total. The monoisotopic (exact) mass is 394 g/mol. The number of ether oxygens (including phenoxy) is 1. The standard InChI is InChI=1S/C13H17FN4O2.C2HF3O2/c1-15-12(19)3-10-2-8-6-18(7-11(8)20-10)13-16-4-9(14)5-17-13;3-2(4,5)1(6)7/h4-5,8,10-11H,2-3,6-7H2,1H3,(H,15,19);(H,6,7)/t8-,10-,11+;/m0./s1. The number of aromatic nitrogens is 2. The zero-order valence-corrected chi connectivity index (χ0v) is 14.2. The van der Waals surface area contributed by atoms with Gasteiger partial charge in [0.2, 0.25) is 11.9 Å². The number of hydrogen-bond acceptors (Lipinski definition) is 6. The van der Waals surface area contributed by atoms with E-state index in [9.17, 15) is 22.4 Å². The molecule has 0 spiro atoms. The number of halogens is 4. The quantitative estimate of drug-likeness (QED) is 0.737. The normalized spacial score (nSPS) is 24.0. The van der Waals surface area contributed by atoms with Gasteiger partial charge in [0.15, 0.2) is 5.82 Å². The predicted molar refractivity (Wildman–Crippen MR) is 83.3 cm³/mol. The number of aliphatic carboxylic acids is 1. The second-order valence-corrected chi connectivity index (χ2v) is 6.08. The topological polar surface area (TPSA) is 105 Å². The molecule has 0 unspecified atom stereocenters. The molecule has 8 nitrogen and oxygen atoms in total. The van der Waals surface area contributed by atoms with Crippen LogP contribution in [0, 0.1) is 11.7 Å². The van der Waals surface area contributed by atoms with Gasteiger partial charge in [-0.05, 0) is 6.42 Å². The molecule has 2 saturated heterocycles. The molecule has 0 aliphatic carbocycles. The Labute approximate surface area is 151 Å². The highest BCUT2D eigenvalue weighted by atomic mass is 19.4. The maximum Gasteiger partial charge on any atom is 0.490 e. The Balaban J connectivity index is 0.000000321. The number of amides is 1. The molecule has 3 rings (SSSR count). The predicted octanol–water partition coefficient (Wildman–Crippen LogP) is 0.979. The summed E-state index contributed by atoms with van der Waals surface area (Å²) >= 11 is 0. The molecule has 0 radical (unpaired) electrons. The van der Waals surface area contributed by atoms with Gasteiger partial charge in [0, 0.05) is 26.1 Å². The number of carbonyl (C=O) groups is 2. The molecule has 2 aliphatic rings. The highest BCUT2D eigenvalue weighted by molar-refractivity contribution is 5.76. The van der Waals surface area contributed by atoms with Crippen LogP contribution in [0.5, 0.6) is 0 Å². The molecule has 3 atom stereocenters. The molecule has 2 fully saturated rings. The number of carbonyl (C=O) groups excluding carboxylic acids is 1. The molecule has 1 amide bonds. The summed E-state index contributed by atoms with van der Waals surface area (Å²) in [4.78, 5) is 30.2. The summed E-state index contributed by atoms with van der Waals surface area (Å²) in [6, 6.07) is 0. The molecular weight excluding hydrogens is 376 g/mol. The first-order chi connectivity index (χ1) is 12.6. The fourth-order valence-corrected chi connectivity index (χ4v) is 2.93. The van der Waals surface area contributed by atoms with Gasteiger partial charge < -0.3 is 20.1 Å². The number of nitrogens with one attached hydrogen (secondary N) is 1. The van der Waals surface area contributed by atoms with Crippen molar-refractivity contribution in [2.75, 3.05) is 25.0 Å². The Morgan fingerprint density at radius 1 is 1.33 bits per heavy atom. The molecule has 150 valence electrons. The molecule has 0 saturated carbocycles. The van der Waals surface area contributed by atoms with Crippen molar-refractivity contribution >= 4 is 17.8 Å². The van der Waals surface area contributed by atoms with E-state index in [0.717, 1.165) is 13.0 Å². The van der Waals surface area contributed by atoms with Gasteiger partial charge in [-0.15, -0.1) is 0 Å². The molecule has 1 aromatic rings. The lowest BCUT2D eigenvalue weighted by Crippen LogP contribution is -2.28. The zero-order chi connectivity index (χ0) is 20.2. The van der Waals surface area contributed by atoms with E-state index in [4.69, 9.17) is 14.6 Å². The Bertz CT molecular complexity index is 657. The summed E-state index contributed by atoms with van der Waals surface area (Å²) in [5.41, 5.74) is 0. The van der Waals surface area contributed by atoms with Gasteiger partial charge in [0.25, 0.3) is 0 Å². The van der Waals surface area contributed by atoms with Crippen molar-refractivity contribution in [1.29, 1.82) is 0 Å². The lowest BCUT2D eigenvalue weighted by molar-refractivity contribution is -0.192. The van der Waals surface area contributed by atoms with Crippen molar-refractivity contribution in [2.45, 2.75) is 31.2 Å². The van der Waals surface area contributed by atoms with Crippen molar-refractivity contribution in [1.82, 2.24) is 15.3 Å². The maximum atomic E-state index is 12.8. The second kappa shape index (κ2) is 8.46. The van der Waals surface area contributed by atoms with E-state index >= 15 is 0 Å². The molecule has 2 aliphatic heterocycles. The lowest BCUT2D eigenvalue weighted by atomic mass is 10.0. The SMILES string of the molecule is CNC(=O)C[C@@H]1C[C@H]2CN(c3ncc(F)cn3)C[C@H]2O1.O=C(O)C(F)(F)F. The third-order valence-electron chi connectivity index (χ3n) is 4.14. The Morgan fingerprint density at radius 3 is 2.41 bits per heavy atom. The molecular formula is C15H18F4N4O4.